The number of unbranched alkanes of at least 4 members (excludes halogenated alkanes) is 3. The summed E-state index contributed by atoms with van der Waals surface area (Å²) < 4.78 is 0. The van der Waals surface area contributed by atoms with Gasteiger partial charge in [-0.15, -0.1) is 0 Å². The average molecular weight is 173 g/mol. The average Bonchev–Trinajstić information content (AvgIpc) is 2.09. The lowest BCUT2D eigenvalue weighted by molar-refractivity contribution is 0.283. The van der Waals surface area contributed by atoms with Gasteiger partial charge in [0.1, 0.15) is 0 Å². The first-order valence-electron chi connectivity index (χ1n) is 5.15. The summed E-state index contributed by atoms with van der Waals surface area (Å²) in [5.74, 6) is 0. The Balaban J connectivity index is 3.02. The second-order valence-corrected chi connectivity index (χ2v) is 3.43. The molecule has 0 aliphatic carbocycles. The van der Waals surface area contributed by atoms with Crippen LogP contribution in [0.3, 0.4) is 0 Å². The molecule has 0 aliphatic rings. The van der Waals surface area contributed by atoms with Gasteiger partial charge in [0.2, 0.25) is 0 Å². The van der Waals surface area contributed by atoms with Crippen molar-refractivity contribution in [3.8, 4) is 0 Å². The maximum absolute atomic E-state index is 8.56. The van der Waals surface area contributed by atoms with Crippen LogP contribution in [0.15, 0.2) is 0 Å². The van der Waals surface area contributed by atoms with Crippen LogP contribution in [-0.4, -0.2) is 24.3 Å². The molecule has 2 nitrogen and oxygen atoms in total. The van der Waals surface area contributed by atoms with Crippen LogP contribution in [0, 0.1) is 0 Å². The van der Waals surface area contributed by atoms with E-state index in [1.807, 2.05) is 0 Å². The van der Waals surface area contributed by atoms with Crippen LogP contribution < -0.4 is 5.32 Å². The van der Waals surface area contributed by atoms with E-state index in [0.29, 0.717) is 6.04 Å². The Bertz CT molecular complexity index is 85.9. The molecule has 0 aliphatic heterocycles. The molecule has 0 rings (SSSR count). The van der Waals surface area contributed by atoms with Crippen molar-refractivity contribution < 1.29 is 5.11 Å². The number of nitrogens with one attached hydrogen (secondary N) is 1. The van der Waals surface area contributed by atoms with Crippen LogP contribution in [0.2, 0.25) is 0 Å². The summed E-state index contributed by atoms with van der Waals surface area (Å²) in [4.78, 5) is 0. The second kappa shape index (κ2) is 9.01. The molecule has 1 unspecified atom stereocenters. The first kappa shape index (κ1) is 11.9. The molecule has 0 spiro atoms. The lowest BCUT2D eigenvalue weighted by Gasteiger charge is -2.11. The molecule has 0 bridgehead atoms. The van der Waals surface area contributed by atoms with Crippen LogP contribution in [0.5, 0.6) is 0 Å². The lowest BCUT2D eigenvalue weighted by atomic mass is 10.1. The van der Waals surface area contributed by atoms with Crippen LogP contribution in [-0.2, 0) is 0 Å². The molecular weight excluding hydrogens is 150 g/mol. The molecule has 0 aromatic rings. The van der Waals surface area contributed by atoms with Crippen molar-refractivity contribution in [1.29, 1.82) is 0 Å². The minimum absolute atomic E-state index is 0.249. The van der Waals surface area contributed by atoms with E-state index in [0.717, 1.165) is 6.54 Å². The monoisotopic (exact) mass is 173 g/mol. The molecule has 0 heterocycles. The molecule has 2 heteroatoms. The van der Waals surface area contributed by atoms with Gasteiger partial charge >= 0.3 is 0 Å². The zero-order valence-electron chi connectivity index (χ0n) is 8.47. The SMILES string of the molecule is CCCCCCC(C)NCCO. The molecule has 0 amide bonds. The van der Waals surface area contributed by atoms with Crippen molar-refractivity contribution in [3.63, 3.8) is 0 Å². The van der Waals surface area contributed by atoms with Gasteiger partial charge in [-0.1, -0.05) is 32.6 Å². The fourth-order valence-electron chi connectivity index (χ4n) is 1.29. The number of aliphatic hydroxyl groups is 1. The molecule has 74 valence electrons. The van der Waals surface area contributed by atoms with E-state index in [1.54, 1.807) is 0 Å². The van der Waals surface area contributed by atoms with Gasteiger partial charge in [-0.05, 0) is 13.3 Å². The second-order valence-electron chi connectivity index (χ2n) is 3.43. The van der Waals surface area contributed by atoms with Gasteiger partial charge in [-0.2, -0.15) is 0 Å². The molecule has 0 fully saturated rings. The van der Waals surface area contributed by atoms with Crippen molar-refractivity contribution in [1.82, 2.24) is 5.32 Å². The number of hydrogen-bond acceptors (Lipinski definition) is 2. The fraction of sp³-hybridized carbons (Fsp3) is 1.00. The van der Waals surface area contributed by atoms with Gasteiger partial charge in [0, 0.05) is 12.6 Å². The summed E-state index contributed by atoms with van der Waals surface area (Å²) in [5, 5.41) is 11.8. The Morgan fingerprint density at radius 3 is 2.58 bits per heavy atom. The maximum atomic E-state index is 8.56. The van der Waals surface area contributed by atoms with Gasteiger partial charge in [0.15, 0.2) is 0 Å². The summed E-state index contributed by atoms with van der Waals surface area (Å²) in [5.41, 5.74) is 0. The Morgan fingerprint density at radius 1 is 1.25 bits per heavy atom. The molecule has 0 saturated carbocycles. The van der Waals surface area contributed by atoms with E-state index in [4.69, 9.17) is 5.11 Å². The topological polar surface area (TPSA) is 32.3 Å². The third-order valence-corrected chi connectivity index (χ3v) is 2.10. The minimum Gasteiger partial charge on any atom is -0.395 e. The lowest BCUT2D eigenvalue weighted by Crippen LogP contribution is -2.28. The van der Waals surface area contributed by atoms with Crippen molar-refractivity contribution in [2.45, 2.75) is 52.0 Å². The quantitative estimate of drug-likeness (QED) is 0.550. The van der Waals surface area contributed by atoms with Gasteiger partial charge in [0.05, 0.1) is 6.61 Å². The number of hydrogen-bond donors (Lipinski definition) is 2. The predicted octanol–water partition coefficient (Wildman–Crippen LogP) is 1.93. The van der Waals surface area contributed by atoms with E-state index in [-0.39, 0.29) is 6.61 Å². The Morgan fingerprint density at radius 2 is 2.00 bits per heavy atom. The molecule has 0 aromatic heterocycles. The summed E-state index contributed by atoms with van der Waals surface area (Å²) in [7, 11) is 0. The van der Waals surface area contributed by atoms with Gasteiger partial charge in [-0.25, -0.2) is 0 Å². The summed E-state index contributed by atoms with van der Waals surface area (Å²) >= 11 is 0. The third kappa shape index (κ3) is 8.02. The van der Waals surface area contributed by atoms with E-state index < -0.39 is 0 Å². The predicted molar refractivity (Wildman–Crippen MR) is 53.3 cm³/mol. The molecule has 1 atom stereocenters. The van der Waals surface area contributed by atoms with Gasteiger partial charge in [-0.3, -0.25) is 0 Å². The van der Waals surface area contributed by atoms with Crippen molar-refractivity contribution in [2.24, 2.45) is 0 Å². The summed E-state index contributed by atoms with van der Waals surface area (Å²) in [6.07, 6.45) is 6.56. The van der Waals surface area contributed by atoms with Crippen molar-refractivity contribution in [3.05, 3.63) is 0 Å². The molecule has 0 saturated heterocycles. The zero-order chi connectivity index (χ0) is 9.23. The van der Waals surface area contributed by atoms with Crippen LogP contribution in [0.4, 0.5) is 0 Å². The van der Waals surface area contributed by atoms with Crippen molar-refractivity contribution in [2.75, 3.05) is 13.2 Å². The Hall–Kier alpha value is -0.0800. The fourth-order valence-corrected chi connectivity index (χ4v) is 1.29. The van der Waals surface area contributed by atoms with E-state index >= 15 is 0 Å². The van der Waals surface area contributed by atoms with Gasteiger partial charge in [0.25, 0.3) is 0 Å². The van der Waals surface area contributed by atoms with Gasteiger partial charge < -0.3 is 10.4 Å². The van der Waals surface area contributed by atoms with E-state index in [2.05, 4.69) is 19.2 Å². The summed E-state index contributed by atoms with van der Waals surface area (Å²) in [6.45, 7) is 5.39. The first-order valence-corrected chi connectivity index (χ1v) is 5.15. The molecule has 0 radical (unpaired) electrons. The highest BCUT2D eigenvalue weighted by Gasteiger charge is 1.98. The van der Waals surface area contributed by atoms with Crippen LogP contribution in [0.25, 0.3) is 0 Å². The highest BCUT2D eigenvalue weighted by atomic mass is 16.3. The summed E-state index contributed by atoms with van der Waals surface area (Å²) in [6, 6.07) is 0.564. The Kier molecular flexibility index (Phi) is 8.95. The third-order valence-electron chi connectivity index (χ3n) is 2.10. The molecule has 0 aromatic carbocycles. The molecular formula is C10H23NO. The van der Waals surface area contributed by atoms with Crippen LogP contribution in [0.1, 0.15) is 46.0 Å². The van der Waals surface area contributed by atoms with Crippen molar-refractivity contribution >= 4 is 0 Å². The molecule has 2 N–H and O–H groups in total. The zero-order valence-corrected chi connectivity index (χ0v) is 8.47. The highest BCUT2D eigenvalue weighted by molar-refractivity contribution is 4.59. The smallest absolute Gasteiger partial charge is 0.0556 e. The number of aliphatic hydroxyl groups excluding tert-OH is 1. The number of rotatable bonds is 8. The first-order chi connectivity index (χ1) is 5.81. The minimum atomic E-state index is 0.249. The standard InChI is InChI=1S/C10H23NO/c1-3-4-5-6-7-10(2)11-8-9-12/h10-12H,3-9H2,1-2H3. The van der Waals surface area contributed by atoms with E-state index in [1.165, 1.54) is 32.1 Å². The largest absolute Gasteiger partial charge is 0.395 e. The Labute approximate surface area is 76.4 Å². The highest BCUT2D eigenvalue weighted by Crippen LogP contribution is 2.04. The van der Waals surface area contributed by atoms with Crippen LogP contribution >= 0.6 is 0 Å². The van der Waals surface area contributed by atoms with E-state index in [9.17, 15) is 0 Å². The maximum Gasteiger partial charge on any atom is 0.0556 e. The molecule has 12 heavy (non-hydrogen) atoms. The normalized spacial score (nSPS) is 13.2.